The van der Waals surface area contributed by atoms with E-state index in [9.17, 15) is 4.79 Å². The molecule has 0 aromatic heterocycles. The molecular formula is C17H21NO3. The van der Waals surface area contributed by atoms with Gasteiger partial charge in [0.25, 0.3) is 0 Å². The van der Waals surface area contributed by atoms with Crippen LogP contribution in [0.4, 0.5) is 0 Å². The van der Waals surface area contributed by atoms with Crippen LogP contribution < -0.4 is 4.74 Å². The Morgan fingerprint density at radius 1 is 1.33 bits per heavy atom. The van der Waals surface area contributed by atoms with Crippen molar-refractivity contribution >= 4 is 17.8 Å². The number of aliphatic imine (C=N–C) groups is 1. The molecule has 0 fully saturated rings. The SMILES string of the molecule is CCCOc1ccc2c(c1)C=C(C(=O)OC)CN=C2CC. The predicted molar refractivity (Wildman–Crippen MR) is 83.9 cm³/mol. The molecule has 1 heterocycles. The Hall–Kier alpha value is -2.10. The average molecular weight is 287 g/mol. The summed E-state index contributed by atoms with van der Waals surface area (Å²) in [7, 11) is 1.39. The molecule has 0 saturated carbocycles. The van der Waals surface area contributed by atoms with Crippen LogP contribution >= 0.6 is 0 Å². The van der Waals surface area contributed by atoms with Gasteiger partial charge >= 0.3 is 5.97 Å². The summed E-state index contributed by atoms with van der Waals surface area (Å²) >= 11 is 0. The third-order valence-electron chi connectivity index (χ3n) is 3.36. The Kier molecular flexibility index (Phi) is 5.14. The number of ether oxygens (including phenoxy) is 2. The first-order valence-electron chi connectivity index (χ1n) is 7.29. The number of hydrogen-bond acceptors (Lipinski definition) is 4. The highest BCUT2D eigenvalue weighted by molar-refractivity contribution is 6.07. The molecule has 4 nitrogen and oxygen atoms in total. The fourth-order valence-corrected chi connectivity index (χ4v) is 2.29. The van der Waals surface area contributed by atoms with Crippen molar-refractivity contribution in [1.29, 1.82) is 0 Å². The smallest absolute Gasteiger partial charge is 0.335 e. The van der Waals surface area contributed by atoms with Crippen LogP contribution in [0.25, 0.3) is 6.08 Å². The molecule has 4 heteroatoms. The van der Waals surface area contributed by atoms with Crippen molar-refractivity contribution in [1.82, 2.24) is 0 Å². The molecule has 0 aliphatic carbocycles. The van der Waals surface area contributed by atoms with E-state index >= 15 is 0 Å². The fraction of sp³-hybridized carbons (Fsp3) is 0.412. The van der Waals surface area contributed by atoms with Crippen LogP contribution in [0.2, 0.25) is 0 Å². The number of carbonyl (C=O) groups is 1. The third-order valence-corrected chi connectivity index (χ3v) is 3.36. The zero-order valence-corrected chi connectivity index (χ0v) is 12.8. The maximum atomic E-state index is 11.8. The van der Waals surface area contributed by atoms with E-state index in [1.165, 1.54) is 7.11 Å². The lowest BCUT2D eigenvalue weighted by Gasteiger charge is -2.10. The molecule has 0 spiro atoms. The molecule has 1 aliphatic rings. The van der Waals surface area contributed by atoms with Crippen molar-refractivity contribution in [3.63, 3.8) is 0 Å². The Morgan fingerprint density at radius 2 is 2.14 bits per heavy atom. The maximum Gasteiger partial charge on any atom is 0.335 e. The lowest BCUT2D eigenvalue weighted by molar-refractivity contribution is -0.136. The minimum absolute atomic E-state index is 0.332. The molecule has 1 aromatic rings. The van der Waals surface area contributed by atoms with Crippen molar-refractivity contribution in [3.05, 3.63) is 34.9 Å². The average Bonchev–Trinajstić information content (AvgIpc) is 2.70. The number of hydrogen-bond donors (Lipinski definition) is 0. The molecular weight excluding hydrogens is 266 g/mol. The molecule has 0 bridgehead atoms. The third kappa shape index (κ3) is 3.51. The Labute approximate surface area is 125 Å². The quantitative estimate of drug-likeness (QED) is 0.781. The highest BCUT2D eigenvalue weighted by atomic mass is 16.5. The van der Waals surface area contributed by atoms with Crippen LogP contribution in [0.5, 0.6) is 5.75 Å². The summed E-state index contributed by atoms with van der Waals surface area (Å²) in [5.41, 5.74) is 3.58. The van der Waals surface area contributed by atoms with Gasteiger partial charge in [-0.15, -0.1) is 0 Å². The van der Waals surface area contributed by atoms with Gasteiger partial charge in [0.05, 0.1) is 25.8 Å². The zero-order valence-electron chi connectivity index (χ0n) is 12.8. The van der Waals surface area contributed by atoms with Gasteiger partial charge in [0.1, 0.15) is 5.75 Å². The number of esters is 1. The van der Waals surface area contributed by atoms with Crippen LogP contribution in [0.1, 0.15) is 37.8 Å². The molecule has 1 aliphatic heterocycles. The summed E-state index contributed by atoms with van der Waals surface area (Å²) in [6.45, 7) is 5.17. The molecule has 0 unspecified atom stereocenters. The van der Waals surface area contributed by atoms with Crippen LogP contribution in [0.15, 0.2) is 28.8 Å². The largest absolute Gasteiger partial charge is 0.494 e. The molecule has 0 radical (unpaired) electrons. The van der Waals surface area contributed by atoms with Gasteiger partial charge in [-0.3, -0.25) is 4.99 Å². The van der Waals surface area contributed by atoms with E-state index in [0.717, 1.165) is 35.4 Å². The number of rotatable bonds is 5. The Balaban J connectivity index is 2.44. The van der Waals surface area contributed by atoms with E-state index in [1.807, 2.05) is 24.3 Å². The highest BCUT2D eigenvalue weighted by Gasteiger charge is 2.17. The van der Waals surface area contributed by atoms with Crippen molar-refractivity contribution in [2.45, 2.75) is 26.7 Å². The number of fused-ring (bicyclic) bond motifs is 1. The molecule has 21 heavy (non-hydrogen) atoms. The van der Waals surface area contributed by atoms with E-state index in [2.05, 4.69) is 18.8 Å². The van der Waals surface area contributed by atoms with Crippen LogP contribution in [-0.2, 0) is 9.53 Å². The highest BCUT2D eigenvalue weighted by Crippen LogP contribution is 2.25. The lowest BCUT2D eigenvalue weighted by Crippen LogP contribution is -2.07. The molecule has 1 aromatic carbocycles. The normalized spacial score (nSPS) is 13.7. The molecule has 0 atom stereocenters. The van der Waals surface area contributed by atoms with Crippen LogP contribution in [0.3, 0.4) is 0 Å². The molecule has 0 amide bonds. The topological polar surface area (TPSA) is 47.9 Å². The van der Waals surface area contributed by atoms with Gasteiger partial charge < -0.3 is 9.47 Å². The molecule has 0 saturated heterocycles. The van der Waals surface area contributed by atoms with Crippen molar-refractivity contribution < 1.29 is 14.3 Å². The van der Waals surface area contributed by atoms with Gasteiger partial charge in [0.15, 0.2) is 0 Å². The van der Waals surface area contributed by atoms with E-state index in [-0.39, 0.29) is 5.97 Å². The van der Waals surface area contributed by atoms with E-state index < -0.39 is 0 Å². The lowest BCUT2D eigenvalue weighted by atomic mass is 10.00. The molecule has 112 valence electrons. The molecule has 2 rings (SSSR count). The fourth-order valence-electron chi connectivity index (χ4n) is 2.29. The number of benzene rings is 1. The second kappa shape index (κ2) is 7.07. The summed E-state index contributed by atoms with van der Waals surface area (Å²) in [5, 5.41) is 0. The summed E-state index contributed by atoms with van der Waals surface area (Å²) in [6.07, 6.45) is 3.64. The summed E-state index contributed by atoms with van der Waals surface area (Å²) in [4.78, 5) is 16.3. The van der Waals surface area contributed by atoms with E-state index in [4.69, 9.17) is 9.47 Å². The van der Waals surface area contributed by atoms with Crippen LogP contribution in [-0.4, -0.2) is 31.9 Å². The van der Waals surface area contributed by atoms with Crippen LogP contribution in [0, 0.1) is 0 Å². The maximum absolute atomic E-state index is 11.8. The van der Waals surface area contributed by atoms with Gasteiger partial charge in [0.2, 0.25) is 0 Å². The first-order valence-corrected chi connectivity index (χ1v) is 7.29. The van der Waals surface area contributed by atoms with Crippen molar-refractivity contribution in [3.8, 4) is 5.75 Å². The van der Waals surface area contributed by atoms with Gasteiger partial charge in [-0.05, 0) is 42.7 Å². The van der Waals surface area contributed by atoms with Gasteiger partial charge in [-0.2, -0.15) is 0 Å². The van der Waals surface area contributed by atoms with E-state index in [0.29, 0.717) is 18.7 Å². The number of methoxy groups -OCH3 is 1. The van der Waals surface area contributed by atoms with Crippen molar-refractivity contribution in [2.75, 3.05) is 20.3 Å². The number of carbonyl (C=O) groups excluding carboxylic acids is 1. The van der Waals surface area contributed by atoms with Gasteiger partial charge in [0, 0.05) is 11.3 Å². The summed E-state index contributed by atoms with van der Waals surface area (Å²) in [5.74, 6) is 0.482. The minimum atomic E-state index is -0.332. The standard InChI is InChI=1S/C17H21NO3/c1-4-8-21-14-6-7-15-12(10-14)9-13(17(19)20-3)11-18-16(15)5-2/h6-7,9-10H,4-5,8,11H2,1-3H3. The van der Waals surface area contributed by atoms with Crippen molar-refractivity contribution in [2.24, 2.45) is 4.99 Å². The van der Waals surface area contributed by atoms with E-state index in [1.54, 1.807) is 0 Å². The second-order valence-electron chi connectivity index (χ2n) is 4.88. The monoisotopic (exact) mass is 287 g/mol. The second-order valence-corrected chi connectivity index (χ2v) is 4.88. The summed E-state index contributed by atoms with van der Waals surface area (Å²) in [6, 6.07) is 5.93. The summed E-state index contributed by atoms with van der Waals surface area (Å²) < 4.78 is 10.5. The first-order chi connectivity index (χ1) is 10.2. The van der Waals surface area contributed by atoms with Gasteiger partial charge in [-0.25, -0.2) is 4.79 Å². The predicted octanol–water partition coefficient (Wildman–Crippen LogP) is 3.24. The number of nitrogens with zero attached hydrogens (tertiary/aromatic N) is 1. The zero-order chi connectivity index (χ0) is 15.2. The minimum Gasteiger partial charge on any atom is -0.494 e. The first kappa shape index (κ1) is 15.3. The molecule has 0 N–H and O–H groups in total. The van der Waals surface area contributed by atoms with Gasteiger partial charge in [-0.1, -0.05) is 13.8 Å². The Bertz CT molecular complexity index is 588. The Morgan fingerprint density at radius 3 is 2.81 bits per heavy atom.